The maximum absolute atomic E-state index is 12.8. The summed E-state index contributed by atoms with van der Waals surface area (Å²) in [5, 5.41) is 21.8. The molecule has 0 saturated heterocycles. The largest absolute Gasteiger partial charge is 0.508 e. The zero-order valence-electron chi connectivity index (χ0n) is 27.1. The zero-order valence-corrected chi connectivity index (χ0v) is 27.1. The normalized spacial score (nSPS) is 34.7. The molecule has 0 aliphatic heterocycles. The van der Waals surface area contributed by atoms with Crippen LogP contribution in [0.1, 0.15) is 111 Å². The predicted octanol–water partition coefficient (Wildman–Crippen LogP) is 8.52. The molecule has 0 heterocycles. The van der Waals surface area contributed by atoms with Crippen molar-refractivity contribution in [3.8, 4) is 5.75 Å². The molecule has 3 fully saturated rings. The van der Waals surface area contributed by atoms with Crippen LogP contribution in [0.2, 0.25) is 0 Å². The van der Waals surface area contributed by atoms with Crippen LogP contribution in [0.25, 0.3) is 0 Å². The molecule has 0 bridgehead atoms. The van der Waals surface area contributed by atoms with E-state index in [0.717, 1.165) is 60.8 Å². The lowest BCUT2D eigenvalue weighted by atomic mass is 9.47. The third-order valence-corrected chi connectivity index (χ3v) is 12.5. The first kappa shape index (κ1) is 31.9. The minimum atomic E-state index is -1.11. The van der Waals surface area contributed by atoms with E-state index < -0.39 is 18.1 Å². The summed E-state index contributed by atoms with van der Waals surface area (Å²) in [5.41, 5.74) is 2.82. The standard InChI is InChI=1S/C37H55NO5/c1-23(2)7-6-8-24(3)30-15-16-31-29-14-11-26-22-28(17-19-36(26,4)32(29)18-20-37(30,31)5)43-35(42)38-33(34(40)41)21-25-9-12-27(39)13-10-25/h9-13,23-24,28-33,39H,6-8,14-22H2,1-5H3,(H,38,42)(H,40,41)/t24-,28+,29+,30-,31+,32+,33+,36+,37-/m1/s1. The first-order valence-corrected chi connectivity index (χ1v) is 17.1. The van der Waals surface area contributed by atoms with Gasteiger partial charge in [-0.25, -0.2) is 9.59 Å². The Labute approximate surface area is 259 Å². The van der Waals surface area contributed by atoms with Crippen LogP contribution in [0.3, 0.4) is 0 Å². The molecule has 3 saturated carbocycles. The molecule has 6 nitrogen and oxygen atoms in total. The molecule has 4 aliphatic rings. The van der Waals surface area contributed by atoms with E-state index in [-0.39, 0.29) is 23.7 Å². The highest BCUT2D eigenvalue weighted by atomic mass is 16.6. The summed E-state index contributed by atoms with van der Waals surface area (Å²) in [6.07, 6.45) is 15.0. The van der Waals surface area contributed by atoms with Gasteiger partial charge < -0.3 is 20.3 Å². The molecule has 3 N–H and O–H groups in total. The van der Waals surface area contributed by atoms with E-state index in [9.17, 15) is 19.8 Å². The number of hydrogen-bond acceptors (Lipinski definition) is 4. The average molecular weight is 594 g/mol. The van der Waals surface area contributed by atoms with E-state index >= 15 is 0 Å². The molecule has 0 aromatic heterocycles. The van der Waals surface area contributed by atoms with E-state index in [2.05, 4.69) is 46.0 Å². The maximum Gasteiger partial charge on any atom is 0.408 e. The second-order valence-electron chi connectivity index (χ2n) is 15.5. The lowest BCUT2D eigenvalue weighted by Crippen LogP contribution is -2.51. The van der Waals surface area contributed by atoms with Crippen LogP contribution < -0.4 is 5.32 Å². The highest BCUT2D eigenvalue weighted by Gasteiger charge is 2.59. The molecule has 0 radical (unpaired) electrons. The van der Waals surface area contributed by atoms with E-state index in [0.29, 0.717) is 11.3 Å². The fourth-order valence-corrected chi connectivity index (χ4v) is 10.1. The molecule has 4 aliphatic carbocycles. The molecule has 0 unspecified atom stereocenters. The molecule has 238 valence electrons. The van der Waals surface area contributed by atoms with E-state index in [1.165, 1.54) is 62.7 Å². The molecule has 5 rings (SSSR count). The number of rotatable bonds is 10. The molecular formula is C37H55NO5. The van der Waals surface area contributed by atoms with E-state index in [4.69, 9.17) is 4.74 Å². The number of alkyl carbamates (subject to hydrolysis) is 1. The first-order chi connectivity index (χ1) is 20.4. The van der Waals surface area contributed by atoms with Crippen LogP contribution in [0.4, 0.5) is 4.79 Å². The Morgan fingerprint density at radius 3 is 2.44 bits per heavy atom. The second-order valence-corrected chi connectivity index (χ2v) is 15.5. The second kappa shape index (κ2) is 12.9. The fraction of sp³-hybridized carbons (Fsp3) is 0.730. The van der Waals surface area contributed by atoms with Gasteiger partial charge >= 0.3 is 12.1 Å². The van der Waals surface area contributed by atoms with Crippen LogP contribution in [0.5, 0.6) is 5.75 Å². The van der Waals surface area contributed by atoms with Crippen molar-refractivity contribution in [2.24, 2.45) is 46.3 Å². The Morgan fingerprint density at radius 2 is 1.74 bits per heavy atom. The van der Waals surface area contributed by atoms with Gasteiger partial charge in [-0.2, -0.15) is 0 Å². The number of carboxylic acid groups (broad SMARTS) is 1. The van der Waals surface area contributed by atoms with Crippen LogP contribution in [-0.2, 0) is 16.0 Å². The zero-order chi connectivity index (χ0) is 30.9. The number of nitrogens with one attached hydrogen (secondary N) is 1. The number of carbonyl (C=O) groups excluding carboxylic acids is 1. The minimum absolute atomic E-state index is 0.118. The minimum Gasteiger partial charge on any atom is -0.508 e. The molecule has 43 heavy (non-hydrogen) atoms. The molecule has 6 heteroatoms. The highest BCUT2D eigenvalue weighted by Crippen LogP contribution is 2.67. The SMILES string of the molecule is CC(C)CCC[C@@H](C)[C@H]1CC[C@H]2[C@@H]3CC=C4C[C@@H](OC(=O)N[C@@H](Cc5ccc(O)cc5)C(=O)O)CC[C@]4(C)[C@H]3CC[C@]12C. The van der Waals surface area contributed by atoms with Crippen molar-refractivity contribution < 1.29 is 24.5 Å². The number of hydrogen-bond donors (Lipinski definition) is 3. The Bertz CT molecular complexity index is 1180. The molecule has 0 spiro atoms. The van der Waals surface area contributed by atoms with Crippen molar-refractivity contribution in [3.63, 3.8) is 0 Å². The molecule has 1 amide bonds. The molecular weight excluding hydrogens is 538 g/mol. The number of amides is 1. The quantitative estimate of drug-likeness (QED) is 0.236. The number of carbonyl (C=O) groups is 2. The topological polar surface area (TPSA) is 95.9 Å². The summed E-state index contributed by atoms with van der Waals surface area (Å²) in [4.78, 5) is 24.7. The fourth-order valence-electron chi connectivity index (χ4n) is 10.1. The van der Waals surface area contributed by atoms with Crippen LogP contribution >= 0.6 is 0 Å². The highest BCUT2D eigenvalue weighted by molar-refractivity contribution is 5.80. The number of ether oxygens (including phenoxy) is 1. The van der Waals surface area contributed by atoms with Crippen molar-refractivity contribution in [1.29, 1.82) is 0 Å². The van der Waals surface area contributed by atoms with Gasteiger partial charge in [-0.3, -0.25) is 0 Å². The summed E-state index contributed by atoms with van der Waals surface area (Å²) >= 11 is 0. The van der Waals surface area contributed by atoms with Crippen molar-refractivity contribution in [3.05, 3.63) is 41.5 Å². The molecule has 9 atom stereocenters. The van der Waals surface area contributed by atoms with Crippen LogP contribution in [0, 0.1) is 46.3 Å². The third kappa shape index (κ3) is 6.63. The predicted molar refractivity (Wildman–Crippen MR) is 170 cm³/mol. The van der Waals surface area contributed by atoms with E-state index in [1.807, 2.05) is 0 Å². The van der Waals surface area contributed by atoms with Gasteiger partial charge in [-0.1, -0.05) is 77.7 Å². The lowest BCUT2D eigenvalue weighted by molar-refractivity contribution is -0.139. The van der Waals surface area contributed by atoms with Crippen molar-refractivity contribution in [2.75, 3.05) is 0 Å². The van der Waals surface area contributed by atoms with Gasteiger partial charge in [-0.15, -0.1) is 0 Å². The van der Waals surface area contributed by atoms with E-state index in [1.54, 1.807) is 12.1 Å². The summed E-state index contributed by atoms with van der Waals surface area (Å²) in [6, 6.07) is 5.27. The van der Waals surface area contributed by atoms with Gasteiger partial charge in [0.15, 0.2) is 0 Å². The number of carboxylic acids is 1. The van der Waals surface area contributed by atoms with Crippen molar-refractivity contribution >= 4 is 12.1 Å². The van der Waals surface area contributed by atoms with Crippen LogP contribution in [0.15, 0.2) is 35.9 Å². The number of phenolic OH excluding ortho intramolecular Hbond substituents is 1. The Morgan fingerprint density at radius 1 is 1.00 bits per heavy atom. The lowest BCUT2D eigenvalue weighted by Gasteiger charge is -2.58. The maximum atomic E-state index is 12.8. The monoisotopic (exact) mass is 593 g/mol. The Balaban J connectivity index is 1.19. The van der Waals surface area contributed by atoms with Gasteiger partial charge in [0.1, 0.15) is 17.9 Å². The first-order valence-electron chi connectivity index (χ1n) is 17.1. The van der Waals surface area contributed by atoms with Gasteiger partial charge in [-0.05, 0) is 109 Å². The molecule has 1 aromatic carbocycles. The number of phenols is 1. The van der Waals surface area contributed by atoms with Crippen molar-refractivity contribution in [2.45, 2.75) is 124 Å². The number of benzene rings is 1. The van der Waals surface area contributed by atoms with Gasteiger partial charge in [0, 0.05) is 12.8 Å². The summed E-state index contributed by atoms with van der Waals surface area (Å²) in [5.74, 6) is 3.77. The average Bonchev–Trinajstić information content (AvgIpc) is 3.31. The Kier molecular flexibility index (Phi) is 9.54. The van der Waals surface area contributed by atoms with Crippen molar-refractivity contribution in [1.82, 2.24) is 5.32 Å². The number of allylic oxidation sites excluding steroid dienone is 1. The Hall–Kier alpha value is -2.50. The smallest absolute Gasteiger partial charge is 0.408 e. The summed E-state index contributed by atoms with van der Waals surface area (Å²) in [7, 11) is 0. The number of aliphatic carboxylic acids is 1. The summed E-state index contributed by atoms with van der Waals surface area (Å²) < 4.78 is 5.84. The van der Waals surface area contributed by atoms with Gasteiger partial charge in [0.2, 0.25) is 0 Å². The molecule has 1 aromatic rings. The van der Waals surface area contributed by atoms with Gasteiger partial charge in [0.05, 0.1) is 0 Å². The van der Waals surface area contributed by atoms with Gasteiger partial charge in [0.25, 0.3) is 0 Å². The summed E-state index contributed by atoms with van der Waals surface area (Å²) in [6.45, 7) is 12.3. The van der Waals surface area contributed by atoms with Crippen LogP contribution in [-0.4, -0.2) is 34.4 Å². The number of fused-ring (bicyclic) bond motifs is 5. The third-order valence-electron chi connectivity index (χ3n) is 12.5. The number of aromatic hydroxyl groups is 1.